The molecule has 5 rings (SSSR count). The second-order valence-corrected chi connectivity index (χ2v) is 11.8. The van der Waals surface area contributed by atoms with E-state index in [4.69, 9.17) is 5.11 Å². The Labute approximate surface area is 261 Å². The van der Waals surface area contributed by atoms with Gasteiger partial charge in [0.1, 0.15) is 0 Å². The van der Waals surface area contributed by atoms with Gasteiger partial charge in [-0.25, -0.2) is 9.78 Å². The number of alkyl halides is 3. The number of thiazole rings is 1. The number of benzene rings is 3. The van der Waals surface area contributed by atoms with Crippen LogP contribution in [0, 0.1) is 6.92 Å². The Balaban J connectivity index is 1.38. The van der Waals surface area contributed by atoms with Crippen LogP contribution >= 0.6 is 11.3 Å². The molecule has 1 unspecified atom stereocenters. The van der Waals surface area contributed by atoms with Crippen LogP contribution in [-0.2, 0) is 11.0 Å². The van der Waals surface area contributed by atoms with Gasteiger partial charge in [-0.3, -0.25) is 14.9 Å². The van der Waals surface area contributed by atoms with Crippen molar-refractivity contribution in [2.45, 2.75) is 51.2 Å². The fourth-order valence-electron chi connectivity index (χ4n) is 5.24. The largest absolute Gasteiger partial charge is 0.481 e. The summed E-state index contributed by atoms with van der Waals surface area (Å²) in [4.78, 5) is 40.7. The van der Waals surface area contributed by atoms with Gasteiger partial charge in [-0.1, -0.05) is 53.8 Å². The maximum Gasteiger partial charge on any atom is 0.416 e. The number of hydrogen-bond donors (Lipinski definition) is 4. The molecule has 0 spiro atoms. The van der Waals surface area contributed by atoms with Gasteiger partial charge in [-0.2, -0.15) is 13.2 Å². The summed E-state index contributed by atoms with van der Waals surface area (Å²) >= 11 is 1.08. The predicted molar refractivity (Wildman–Crippen MR) is 167 cm³/mol. The lowest BCUT2D eigenvalue weighted by Gasteiger charge is -2.21. The van der Waals surface area contributed by atoms with Crippen LogP contribution in [0.15, 0.2) is 66.7 Å². The van der Waals surface area contributed by atoms with Crippen LogP contribution in [0.2, 0.25) is 0 Å². The first-order valence-electron chi connectivity index (χ1n) is 14.4. The zero-order valence-corrected chi connectivity index (χ0v) is 25.1. The summed E-state index contributed by atoms with van der Waals surface area (Å²) in [5.74, 6) is -1.44. The highest BCUT2D eigenvalue weighted by Gasteiger charge is 2.31. The molecule has 3 aromatic carbocycles. The van der Waals surface area contributed by atoms with E-state index in [0.29, 0.717) is 21.4 Å². The number of nitrogens with zero attached hydrogens (tertiary/aromatic N) is 1. The molecule has 234 valence electrons. The summed E-state index contributed by atoms with van der Waals surface area (Å²) in [5, 5.41) is 17.1. The van der Waals surface area contributed by atoms with Crippen LogP contribution in [0.25, 0.3) is 15.8 Å². The summed E-state index contributed by atoms with van der Waals surface area (Å²) in [6, 6.07) is 15.2. The van der Waals surface area contributed by atoms with Gasteiger partial charge in [0, 0.05) is 12.1 Å². The van der Waals surface area contributed by atoms with Gasteiger partial charge in [0.05, 0.1) is 28.2 Å². The van der Waals surface area contributed by atoms with Gasteiger partial charge >= 0.3 is 18.2 Å². The fraction of sp³-hybridized carbons (Fsp3) is 0.273. The normalized spacial score (nSPS) is 14.0. The highest BCUT2D eigenvalue weighted by molar-refractivity contribution is 7.22. The van der Waals surface area contributed by atoms with Gasteiger partial charge in [-0.15, -0.1) is 0 Å². The van der Waals surface area contributed by atoms with Crippen LogP contribution in [0.1, 0.15) is 76.3 Å². The minimum absolute atomic E-state index is 0.00807. The molecule has 0 saturated carbocycles. The molecule has 0 aliphatic heterocycles. The highest BCUT2D eigenvalue weighted by Crippen LogP contribution is 2.36. The van der Waals surface area contributed by atoms with Crippen molar-refractivity contribution in [3.05, 3.63) is 100 Å². The molecule has 1 aromatic heterocycles. The smallest absolute Gasteiger partial charge is 0.416 e. The third-order valence-electron chi connectivity index (χ3n) is 7.54. The van der Waals surface area contributed by atoms with Crippen LogP contribution in [0.5, 0.6) is 0 Å². The first kappa shape index (κ1) is 31.7. The molecule has 1 heterocycles. The summed E-state index contributed by atoms with van der Waals surface area (Å²) in [7, 11) is 0. The van der Waals surface area contributed by atoms with E-state index in [0.717, 1.165) is 53.9 Å². The van der Waals surface area contributed by atoms with Crippen molar-refractivity contribution < 1.29 is 32.7 Å². The average Bonchev–Trinajstić information content (AvgIpc) is 3.43. The Morgan fingerprint density at radius 2 is 1.69 bits per heavy atom. The van der Waals surface area contributed by atoms with E-state index in [1.54, 1.807) is 31.2 Å². The van der Waals surface area contributed by atoms with Crippen molar-refractivity contribution >= 4 is 50.2 Å². The molecule has 12 heteroatoms. The van der Waals surface area contributed by atoms with E-state index in [9.17, 15) is 27.6 Å². The van der Waals surface area contributed by atoms with Gasteiger partial charge in [0.2, 0.25) is 0 Å². The Kier molecular flexibility index (Phi) is 9.52. The number of fused-ring (bicyclic) bond motifs is 1. The second-order valence-electron chi connectivity index (χ2n) is 10.8. The molecule has 0 saturated heterocycles. The number of urea groups is 1. The van der Waals surface area contributed by atoms with Crippen molar-refractivity contribution in [2.75, 3.05) is 11.9 Å². The van der Waals surface area contributed by atoms with Crippen molar-refractivity contribution in [1.29, 1.82) is 0 Å². The molecule has 1 aliphatic carbocycles. The van der Waals surface area contributed by atoms with Gasteiger partial charge in [-0.05, 0) is 84.7 Å². The van der Waals surface area contributed by atoms with E-state index in [1.807, 2.05) is 24.3 Å². The van der Waals surface area contributed by atoms with Crippen LogP contribution in [-0.4, -0.2) is 34.5 Å². The van der Waals surface area contributed by atoms with E-state index >= 15 is 0 Å². The quantitative estimate of drug-likeness (QED) is 0.150. The molecule has 0 bridgehead atoms. The number of aromatic nitrogens is 1. The lowest BCUT2D eigenvalue weighted by atomic mass is 9.91. The molecule has 4 N–H and O–H groups in total. The summed E-state index contributed by atoms with van der Waals surface area (Å²) in [6.45, 7) is 1.56. The number of carbonyl (C=O) groups is 3. The number of allylic oxidation sites excluding steroid dienone is 2. The topological polar surface area (TPSA) is 120 Å². The lowest BCUT2D eigenvalue weighted by Crippen LogP contribution is -2.33. The second kappa shape index (κ2) is 13.5. The Hall–Kier alpha value is -4.71. The lowest BCUT2D eigenvalue weighted by molar-refractivity contribution is -0.138. The minimum Gasteiger partial charge on any atom is -0.481 e. The van der Waals surface area contributed by atoms with Crippen molar-refractivity contribution in [3.8, 4) is 0 Å². The van der Waals surface area contributed by atoms with Crippen LogP contribution < -0.4 is 16.0 Å². The number of halogens is 3. The van der Waals surface area contributed by atoms with Gasteiger partial charge < -0.3 is 15.7 Å². The maximum absolute atomic E-state index is 13.3. The number of carbonyl (C=O) groups excluding carboxylic acids is 2. The number of rotatable bonds is 9. The Morgan fingerprint density at radius 3 is 2.31 bits per heavy atom. The third-order valence-corrected chi connectivity index (χ3v) is 8.66. The van der Waals surface area contributed by atoms with E-state index in [1.165, 1.54) is 12.0 Å². The fourth-order valence-corrected chi connectivity index (χ4v) is 6.15. The molecule has 3 amide bonds. The number of carboxylic acids is 1. The van der Waals surface area contributed by atoms with Crippen molar-refractivity contribution in [2.24, 2.45) is 0 Å². The van der Waals surface area contributed by atoms with E-state index < -0.39 is 35.7 Å². The van der Waals surface area contributed by atoms with Crippen LogP contribution in [0.3, 0.4) is 0 Å². The monoisotopic (exact) mass is 636 g/mol. The number of aliphatic carboxylic acids is 1. The third kappa shape index (κ3) is 7.88. The Bertz CT molecular complexity index is 1750. The minimum atomic E-state index is -4.52. The Morgan fingerprint density at radius 1 is 1.00 bits per heavy atom. The SMILES string of the molecule is Cc1cc(C(F)(F)F)cc2nc(NC(=O)NC(c3ccc(C(=O)NCCC(=O)O)cc3)c3ccc(C4=CCCCC4)cc3)sc12. The highest BCUT2D eigenvalue weighted by atomic mass is 32.1. The molecule has 0 fully saturated rings. The standard InChI is InChI=1S/C33H31F3N4O4S/c1-19-17-25(33(34,35)36)18-26-29(19)45-32(38-26)40-31(44)39-28(22-9-7-21(8-10-22)20-5-3-2-4-6-20)23-11-13-24(14-12-23)30(43)37-16-15-27(41)42/h5,7-14,17-18,28H,2-4,6,15-16H2,1H3,(H,37,43)(H,41,42)(H2,38,39,40,44). The van der Waals surface area contributed by atoms with E-state index in [-0.39, 0.29) is 23.6 Å². The summed E-state index contributed by atoms with van der Waals surface area (Å²) < 4.78 is 40.5. The first-order valence-corrected chi connectivity index (χ1v) is 15.2. The van der Waals surface area contributed by atoms with Crippen LogP contribution in [0.4, 0.5) is 23.1 Å². The molecule has 1 atom stereocenters. The molecule has 45 heavy (non-hydrogen) atoms. The number of anilines is 1. The number of carboxylic acid groups (broad SMARTS) is 1. The molecular weight excluding hydrogens is 605 g/mol. The zero-order valence-electron chi connectivity index (χ0n) is 24.3. The molecule has 0 radical (unpaired) electrons. The summed E-state index contributed by atoms with van der Waals surface area (Å²) in [5.41, 5.74) is 3.92. The maximum atomic E-state index is 13.3. The van der Waals surface area contributed by atoms with Crippen molar-refractivity contribution in [3.63, 3.8) is 0 Å². The number of amides is 3. The molecule has 8 nitrogen and oxygen atoms in total. The average molecular weight is 637 g/mol. The van der Waals surface area contributed by atoms with Gasteiger partial charge in [0.25, 0.3) is 5.91 Å². The van der Waals surface area contributed by atoms with Gasteiger partial charge in [0.15, 0.2) is 5.13 Å². The summed E-state index contributed by atoms with van der Waals surface area (Å²) in [6.07, 6.45) is 1.89. The first-order chi connectivity index (χ1) is 21.5. The van der Waals surface area contributed by atoms with Crippen molar-refractivity contribution in [1.82, 2.24) is 15.6 Å². The number of nitrogens with one attached hydrogen (secondary N) is 3. The number of aryl methyl sites for hydroxylation is 1. The molecule has 4 aromatic rings. The number of hydrogen-bond acceptors (Lipinski definition) is 5. The van der Waals surface area contributed by atoms with E-state index in [2.05, 4.69) is 27.0 Å². The molecule has 1 aliphatic rings. The predicted octanol–water partition coefficient (Wildman–Crippen LogP) is 7.70. The molecular formula is C33H31F3N4O4S. The zero-order chi connectivity index (χ0) is 32.1.